The number of benzene rings is 1. The van der Waals surface area contributed by atoms with E-state index < -0.39 is 30.1 Å². The van der Waals surface area contributed by atoms with Gasteiger partial charge in [0.25, 0.3) is 0 Å². The predicted molar refractivity (Wildman–Crippen MR) is 134 cm³/mol. The second kappa shape index (κ2) is 16.5. The molecule has 0 aliphatic rings. The molecule has 0 aliphatic heterocycles. The molecule has 0 spiro atoms. The number of carboxylic acid groups (broad SMARTS) is 1. The fraction of sp³-hybridized carbons (Fsp3) is 0.615. The molecule has 0 radical (unpaired) electrons. The lowest BCUT2D eigenvalue weighted by Crippen LogP contribution is -2.52. The van der Waals surface area contributed by atoms with Gasteiger partial charge in [-0.1, -0.05) is 64.4 Å². The maximum Gasteiger partial charge on any atom is 0.407 e. The molecule has 2 atom stereocenters. The molecule has 0 aromatic heterocycles. The molecule has 1 rings (SSSR count). The van der Waals surface area contributed by atoms with E-state index in [9.17, 15) is 24.3 Å². The predicted octanol–water partition coefficient (Wildman–Crippen LogP) is 3.62. The smallest absolute Gasteiger partial charge is 0.407 e. The van der Waals surface area contributed by atoms with Crippen LogP contribution >= 0.6 is 0 Å². The molecule has 0 fully saturated rings. The van der Waals surface area contributed by atoms with Crippen LogP contribution in [0.1, 0.15) is 71.8 Å². The van der Waals surface area contributed by atoms with Crippen LogP contribution in [-0.2, 0) is 25.7 Å². The highest BCUT2D eigenvalue weighted by molar-refractivity contribution is 5.90. The standard InChI is InChI=1S/C26H41N3O6/c1-18(2)15-21(24(31)29-22(25(32)33)16-19(3)4)28-23(30)13-9-6-10-14-27-26(34)35-17-20-11-7-5-8-12-20/h5,7-8,11-12,18-19,21-22H,6,9-10,13-17H2,1-4H3,(H,27,34)(H,28,30)(H,29,31)(H,32,33)/t21-,22-/m0/s1. The Morgan fingerprint density at radius 2 is 1.49 bits per heavy atom. The molecule has 0 saturated carbocycles. The Kier molecular flexibility index (Phi) is 14.1. The van der Waals surface area contributed by atoms with Crippen LogP contribution in [0.2, 0.25) is 0 Å². The summed E-state index contributed by atoms with van der Waals surface area (Å²) in [6.45, 7) is 8.31. The summed E-state index contributed by atoms with van der Waals surface area (Å²) in [5, 5.41) is 17.4. The quantitative estimate of drug-likeness (QED) is 0.261. The highest BCUT2D eigenvalue weighted by atomic mass is 16.5. The van der Waals surface area contributed by atoms with Crippen LogP contribution in [0.4, 0.5) is 4.79 Å². The van der Waals surface area contributed by atoms with E-state index in [4.69, 9.17) is 4.74 Å². The van der Waals surface area contributed by atoms with Crippen molar-refractivity contribution in [2.45, 2.75) is 84.9 Å². The van der Waals surface area contributed by atoms with Gasteiger partial charge in [-0.05, 0) is 43.1 Å². The van der Waals surface area contributed by atoms with Gasteiger partial charge in [0.2, 0.25) is 11.8 Å². The second-order valence-corrected chi connectivity index (χ2v) is 9.58. The summed E-state index contributed by atoms with van der Waals surface area (Å²) < 4.78 is 5.15. The van der Waals surface area contributed by atoms with E-state index in [1.54, 1.807) is 0 Å². The van der Waals surface area contributed by atoms with Gasteiger partial charge in [-0.25, -0.2) is 9.59 Å². The molecule has 4 N–H and O–H groups in total. The Labute approximate surface area is 208 Å². The minimum atomic E-state index is -1.08. The summed E-state index contributed by atoms with van der Waals surface area (Å²) in [5.41, 5.74) is 0.913. The van der Waals surface area contributed by atoms with Crippen LogP contribution in [0.15, 0.2) is 30.3 Å². The molecule has 3 amide bonds. The second-order valence-electron chi connectivity index (χ2n) is 9.58. The van der Waals surface area contributed by atoms with Crippen molar-refractivity contribution >= 4 is 23.9 Å². The van der Waals surface area contributed by atoms with Crippen molar-refractivity contribution in [3.63, 3.8) is 0 Å². The fourth-order valence-corrected chi connectivity index (χ4v) is 3.49. The Hall–Kier alpha value is -3.10. The number of carbonyl (C=O) groups excluding carboxylic acids is 3. The molecule has 196 valence electrons. The molecular formula is C26H41N3O6. The maximum atomic E-state index is 12.7. The Balaban J connectivity index is 2.33. The molecule has 0 saturated heterocycles. The van der Waals surface area contributed by atoms with E-state index in [0.29, 0.717) is 32.2 Å². The highest BCUT2D eigenvalue weighted by Crippen LogP contribution is 2.10. The summed E-state index contributed by atoms with van der Waals surface area (Å²) in [5.74, 6) is -1.56. The first-order valence-electron chi connectivity index (χ1n) is 12.4. The van der Waals surface area contributed by atoms with Gasteiger partial charge < -0.3 is 25.8 Å². The fourth-order valence-electron chi connectivity index (χ4n) is 3.49. The minimum absolute atomic E-state index is 0.106. The number of hydrogen-bond donors (Lipinski definition) is 4. The summed E-state index contributed by atoms with van der Waals surface area (Å²) in [4.78, 5) is 48.3. The van der Waals surface area contributed by atoms with Gasteiger partial charge in [0.15, 0.2) is 0 Å². The lowest BCUT2D eigenvalue weighted by atomic mass is 10.0. The highest BCUT2D eigenvalue weighted by Gasteiger charge is 2.27. The number of hydrogen-bond acceptors (Lipinski definition) is 5. The molecule has 9 heteroatoms. The third-order valence-corrected chi connectivity index (χ3v) is 5.24. The van der Waals surface area contributed by atoms with Crippen molar-refractivity contribution < 1.29 is 29.0 Å². The average molecular weight is 492 g/mol. The van der Waals surface area contributed by atoms with Crippen LogP contribution in [0.25, 0.3) is 0 Å². The number of unbranched alkanes of at least 4 members (excludes halogenated alkanes) is 2. The zero-order valence-electron chi connectivity index (χ0n) is 21.3. The Morgan fingerprint density at radius 3 is 2.09 bits per heavy atom. The molecule has 0 heterocycles. The number of aliphatic carboxylic acids is 1. The van der Waals surface area contributed by atoms with E-state index in [1.807, 2.05) is 58.0 Å². The van der Waals surface area contributed by atoms with Gasteiger partial charge in [0.05, 0.1) is 0 Å². The molecule has 0 unspecified atom stereocenters. The number of nitrogens with one attached hydrogen (secondary N) is 3. The molecule has 0 aliphatic carbocycles. The van der Waals surface area contributed by atoms with Gasteiger partial charge in [-0.15, -0.1) is 0 Å². The summed E-state index contributed by atoms with van der Waals surface area (Å²) in [6.07, 6.45) is 2.52. The van der Waals surface area contributed by atoms with Crippen molar-refractivity contribution in [3.8, 4) is 0 Å². The molecule has 1 aromatic rings. The van der Waals surface area contributed by atoms with Crippen LogP contribution in [-0.4, -0.2) is 47.6 Å². The maximum absolute atomic E-state index is 12.7. The molecule has 1 aromatic carbocycles. The van der Waals surface area contributed by atoms with E-state index in [0.717, 1.165) is 12.0 Å². The lowest BCUT2D eigenvalue weighted by Gasteiger charge is -2.23. The number of amides is 3. The van der Waals surface area contributed by atoms with Crippen molar-refractivity contribution in [2.75, 3.05) is 6.54 Å². The van der Waals surface area contributed by atoms with Crippen LogP contribution < -0.4 is 16.0 Å². The molecular weight excluding hydrogens is 450 g/mol. The Bertz CT molecular complexity index is 798. The van der Waals surface area contributed by atoms with Gasteiger partial charge >= 0.3 is 12.1 Å². The van der Waals surface area contributed by atoms with E-state index in [-0.39, 0.29) is 30.8 Å². The van der Waals surface area contributed by atoms with Crippen molar-refractivity contribution in [3.05, 3.63) is 35.9 Å². The first kappa shape index (κ1) is 29.9. The summed E-state index contributed by atoms with van der Waals surface area (Å²) in [6, 6.07) is 7.64. The van der Waals surface area contributed by atoms with Crippen LogP contribution in [0.5, 0.6) is 0 Å². The van der Waals surface area contributed by atoms with E-state index >= 15 is 0 Å². The molecule has 9 nitrogen and oxygen atoms in total. The monoisotopic (exact) mass is 491 g/mol. The van der Waals surface area contributed by atoms with Crippen LogP contribution in [0, 0.1) is 11.8 Å². The van der Waals surface area contributed by atoms with E-state index in [2.05, 4.69) is 16.0 Å². The van der Waals surface area contributed by atoms with Crippen LogP contribution in [0.3, 0.4) is 0 Å². The van der Waals surface area contributed by atoms with Crippen molar-refractivity contribution in [2.24, 2.45) is 11.8 Å². The third-order valence-electron chi connectivity index (χ3n) is 5.24. The number of carboxylic acids is 1. The number of ether oxygens (including phenoxy) is 1. The van der Waals surface area contributed by atoms with Crippen molar-refractivity contribution in [1.82, 2.24) is 16.0 Å². The minimum Gasteiger partial charge on any atom is -0.480 e. The normalized spacial score (nSPS) is 12.6. The largest absolute Gasteiger partial charge is 0.480 e. The summed E-state index contributed by atoms with van der Waals surface area (Å²) in [7, 11) is 0. The average Bonchev–Trinajstić information content (AvgIpc) is 2.79. The first-order chi connectivity index (χ1) is 16.6. The number of carbonyl (C=O) groups is 4. The lowest BCUT2D eigenvalue weighted by molar-refractivity contribution is -0.142. The van der Waals surface area contributed by atoms with Gasteiger partial charge in [0.1, 0.15) is 18.7 Å². The van der Waals surface area contributed by atoms with E-state index in [1.165, 1.54) is 0 Å². The van der Waals surface area contributed by atoms with Gasteiger partial charge in [0, 0.05) is 13.0 Å². The van der Waals surface area contributed by atoms with Gasteiger partial charge in [-0.2, -0.15) is 0 Å². The SMILES string of the molecule is CC(C)C[C@H](NC(=O)[C@H](CC(C)C)NC(=O)CCCCCNC(=O)OCc1ccccc1)C(=O)O. The first-order valence-corrected chi connectivity index (χ1v) is 12.4. The third kappa shape index (κ3) is 14.0. The zero-order chi connectivity index (χ0) is 26.2. The van der Waals surface area contributed by atoms with Crippen molar-refractivity contribution in [1.29, 1.82) is 0 Å². The number of alkyl carbamates (subject to hydrolysis) is 1. The topological polar surface area (TPSA) is 134 Å². The number of rotatable bonds is 16. The molecule has 0 bridgehead atoms. The summed E-state index contributed by atoms with van der Waals surface area (Å²) >= 11 is 0. The van der Waals surface area contributed by atoms with Gasteiger partial charge in [-0.3, -0.25) is 9.59 Å². The zero-order valence-corrected chi connectivity index (χ0v) is 21.3. The Morgan fingerprint density at radius 1 is 0.857 bits per heavy atom. The molecule has 35 heavy (non-hydrogen) atoms.